The van der Waals surface area contributed by atoms with Gasteiger partial charge in [-0.2, -0.15) is 26.9 Å². The molecule has 0 bridgehead atoms. The summed E-state index contributed by atoms with van der Waals surface area (Å²) in [7, 11) is -4.32. The van der Waals surface area contributed by atoms with Crippen LogP contribution in [0.4, 0.5) is 30.2 Å². The van der Waals surface area contributed by atoms with E-state index in [2.05, 4.69) is 17.5 Å². The highest BCUT2D eigenvalue weighted by molar-refractivity contribution is 7.86. The molecule has 2 saturated heterocycles. The van der Waals surface area contributed by atoms with Gasteiger partial charge in [0.25, 0.3) is 16.0 Å². The third-order valence-electron chi connectivity index (χ3n) is 8.70. The van der Waals surface area contributed by atoms with Gasteiger partial charge in [-0.15, -0.1) is 12.6 Å². The Bertz CT molecular complexity index is 1730. The van der Waals surface area contributed by atoms with Crippen LogP contribution in [0.5, 0.6) is 0 Å². The Labute approximate surface area is 266 Å². The molecule has 45 heavy (non-hydrogen) atoms. The normalized spacial score (nSPS) is 19.9. The predicted octanol–water partition coefficient (Wildman–Crippen LogP) is 6.58. The summed E-state index contributed by atoms with van der Waals surface area (Å²) in [6, 6.07) is 19.3. The number of halogens is 3. The molecule has 0 saturated carbocycles. The largest absolute Gasteiger partial charge is 0.417 e. The number of hydrogen-bond acceptors (Lipinski definition) is 7. The van der Waals surface area contributed by atoms with Crippen LogP contribution in [0.3, 0.4) is 0 Å². The Morgan fingerprint density at radius 2 is 1.53 bits per heavy atom. The smallest absolute Gasteiger partial charge is 0.372 e. The van der Waals surface area contributed by atoms with Crippen LogP contribution in [0, 0.1) is 24.2 Å². The van der Waals surface area contributed by atoms with Gasteiger partial charge in [-0.1, -0.05) is 29.8 Å². The summed E-state index contributed by atoms with van der Waals surface area (Å²) in [6.45, 7) is 6.39. The van der Waals surface area contributed by atoms with Crippen molar-refractivity contribution in [3.63, 3.8) is 0 Å². The van der Waals surface area contributed by atoms with Gasteiger partial charge in [0.1, 0.15) is 10.8 Å². The van der Waals surface area contributed by atoms with Crippen molar-refractivity contribution >= 4 is 45.7 Å². The molecule has 2 atom stereocenters. The lowest BCUT2D eigenvalue weighted by Gasteiger charge is -2.37. The fraction of sp³-hybridized carbons (Fsp3) is 0.375. The van der Waals surface area contributed by atoms with Crippen LogP contribution in [0.15, 0.2) is 66.7 Å². The molecule has 13 heteroatoms. The third kappa shape index (κ3) is 6.23. The van der Waals surface area contributed by atoms with E-state index in [0.29, 0.717) is 37.2 Å². The molecule has 2 fully saturated rings. The summed E-state index contributed by atoms with van der Waals surface area (Å²) in [5, 5.41) is 8.16. The van der Waals surface area contributed by atoms with Crippen molar-refractivity contribution in [2.45, 2.75) is 56.1 Å². The number of rotatable bonds is 6. The summed E-state index contributed by atoms with van der Waals surface area (Å²) < 4.78 is 75.8. The zero-order chi connectivity index (χ0) is 32.9. The average Bonchev–Trinajstić information content (AvgIpc) is 3.16. The second-order valence-corrected chi connectivity index (χ2v) is 14.0. The average molecular weight is 659 g/mol. The van der Waals surface area contributed by atoms with Crippen molar-refractivity contribution in [2.75, 3.05) is 27.8 Å². The highest BCUT2D eigenvalue weighted by Crippen LogP contribution is 2.43. The number of aryl methyl sites for hydroxylation is 1. The van der Waals surface area contributed by atoms with E-state index in [1.54, 1.807) is 36.9 Å². The number of carbonyl (C=O) groups is 1. The van der Waals surface area contributed by atoms with Crippen molar-refractivity contribution in [3.05, 3.63) is 89.0 Å². The highest BCUT2D eigenvalue weighted by Gasteiger charge is 2.51. The number of alkyl halides is 3. The second-order valence-electron chi connectivity index (χ2n) is 12.0. The van der Waals surface area contributed by atoms with Crippen LogP contribution in [-0.2, 0) is 21.1 Å². The number of piperidine rings is 1. The zero-order valence-electron chi connectivity index (χ0n) is 24.9. The molecule has 3 aromatic carbocycles. The van der Waals surface area contributed by atoms with Crippen LogP contribution in [-0.4, -0.2) is 43.0 Å². The first-order valence-electron chi connectivity index (χ1n) is 14.3. The fourth-order valence-corrected chi connectivity index (χ4v) is 8.28. The molecular formula is C32H33F3N4O4S2. The van der Waals surface area contributed by atoms with Gasteiger partial charge in [0.15, 0.2) is 5.50 Å². The highest BCUT2D eigenvalue weighted by atomic mass is 32.2. The van der Waals surface area contributed by atoms with Crippen LogP contribution in [0.1, 0.15) is 54.2 Å². The van der Waals surface area contributed by atoms with Gasteiger partial charge in [-0.25, -0.2) is 0 Å². The first kappa shape index (κ1) is 32.7. The molecule has 1 N–H and O–H groups in total. The first-order chi connectivity index (χ1) is 21.0. The van der Waals surface area contributed by atoms with Gasteiger partial charge in [0.2, 0.25) is 0 Å². The summed E-state index contributed by atoms with van der Waals surface area (Å²) in [5.41, 5.74) is -0.681. The molecule has 2 aliphatic rings. The maximum Gasteiger partial charge on any atom is 0.417 e. The SMILES string of the molecule is Cc1ccc(C(C2CCN(c3ccc(N4C(S)N(c5ccc(C#N)c(C(F)(F)F)c5)C(=O)C4(C)C)cc3)CC2)S(=O)(=O)O)cc1. The third-order valence-corrected chi connectivity index (χ3v) is 10.5. The molecule has 0 aliphatic carbocycles. The van der Waals surface area contributed by atoms with E-state index in [0.717, 1.165) is 23.4 Å². The lowest BCUT2D eigenvalue weighted by molar-refractivity contribution is -0.137. The van der Waals surface area contributed by atoms with Gasteiger partial charge in [0, 0.05) is 30.2 Å². The minimum atomic E-state index is -4.77. The lowest BCUT2D eigenvalue weighted by atomic mass is 9.89. The topological polar surface area (TPSA) is 105 Å². The van der Waals surface area contributed by atoms with Crippen molar-refractivity contribution in [1.82, 2.24) is 0 Å². The van der Waals surface area contributed by atoms with Crippen molar-refractivity contribution in [2.24, 2.45) is 5.92 Å². The molecule has 0 spiro atoms. The van der Waals surface area contributed by atoms with Crippen LogP contribution in [0.2, 0.25) is 0 Å². The van der Waals surface area contributed by atoms with Gasteiger partial charge < -0.3 is 9.80 Å². The Hall–Kier alpha value is -3.73. The van der Waals surface area contributed by atoms with E-state index in [9.17, 15) is 30.9 Å². The second kappa shape index (κ2) is 11.9. The molecule has 0 radical (unpaired) electrons. The number of hydrogen-bond donors (Lipinski definition) is 2. The number of amides is 1. The summed E-state index contributed by atoms with van der Waals surface area (Å²) in [5.74, 6) is -0.709. The molecule has 1 amide bonds. The number of anilines is 3. The van der Waals surface area contributed by atoms with Crippen molar-refractivity contribution < 1.29 is 30.9 Å². The Morgan fingerprint density at radius 1 is 0.978 bits per heavy atom. The predicted molar refractivity (Wildman–Crippen MR) is 170 cm³/mol. The Kier molecular flexibility index (Phi) is 8.63. The molecule has 2 heterocycles. The number of carbonyl (C=O) groups excluding carboxylic acids is 1. The quantitative estimate of drug-likeness (QED) is 0.228. The number of benzene rings is 3. The zero-order valence-corrected chi connectivity index (χ0v) is 26.6. The molecule has 238 valence electrons. The van der Waals surface area contributed by atoms with Gasteiger partial charge in [-0.05, 0) is 87.6 Å². The molecule has 8 nitrogen and oxygen atoms in total. The minimum absolute atomic E-state index is 0.0183. The van der Waals surface area contributed by atoms with Crippen molar-refractivity contribution in [3.8, 4) is 6.07 Å². The van der Waals surface area contributed by atoms with E-state index < -0.39 is 49.6 Å². The maximum atomic E-state index is 13.7. The standard InChI is InChI=1S/C32H33F3N4O4S2/c1-20-4-6-21(7-5-20)28(45(41,42)43)22-14-16-37(17-15-22)24-10-12-25(13-11-24)39-30(44)38(29(40)31(39,2)3)26-9-8-23(19-36)27(18-26)32(33,34)35/h4-13,18,22,28,30,44H,14-17H2,1-3H3,(H,41,42,43). The monoisotopic (exact) mass is 658 g/mol. The van der Waals surface area contributed by atoms with E-state index in [4.69, 9.17) is 5.26 Å². The number of nitrogens with zero attached hydrogens (tertiary/aromatic N) is 4. The number of nitriles is 1. The van der Waals surface area contributed by atoms with Crippen LogP contribution < -0.4 is 14.7 Å². The molecule has 2 aliphatic heterocycles. The molecule has 0 aromatic heterocycles. The van der Waals surface area contributed by atoms with Crippen LogP contribution in [0.25, 0.3) is 0 Å². The Balaban J connectivity index is 1.34. The first-order valence-corrected chi connectivity index (χ1v) is 16.4. The summed E-state index contributed by atoms with van der Waals surface area (Å²) in [6.07, 6.45) is -3.68. The fourth-order valence-electron chi connectivity index (χ4n) is 6.36. The molecule has 3 aromatic rings. The number of thiol groups is 1. The van der Waals surface area contributed by atoms with Crippen LogP contribution >= 0.6 is 12.6 Å². The van der Waals surface area contributed by atoms with E-state index in [-0.39, 0.29) is 11.6 Å². The maximum absolute atomic E-state index is 13.7. The van der Waals surface area contributed by atoms with Gasteiger partial charge in [-0.3, -0.25) is 14.2 Å². The van der Waals surface area contributed by atoms with E-state index in [1.165, 1.54) is 11.0 Å². The molecular weight excluding hydrogens is 626 g/mol. The van der Waals surface area contributed by atoms with E-state index >= 15 is 0 Å². The lowest BCUT2D eigenvalue weighted by Crippen LogP contribution is -2.45. The molecule has 5 rings (SSSR count). The Morgan fingerprint density at radius 3 is 2.07 bits per heavy atom. The van der Waals surface area contributed by atoms with Crippen molar-refractivity contribution in [1.29, 1.82) is 5.26 Å². The van der Waals surface area contributed by atoms with Gasteiger partial charge in [0.05, 0.1) is 17.2 Å². The summed E-state index contributed by atoms with van der Waals surface area (Å²) in [4.78, 5) is 18.6. The molecule has 2 unspecified atom stereocenters. The summed E-state index contributed by atoms with van der Waals surface area (Å²) >= 11 is 4.65. The van der Waals surface area contributed by atoms with Gasteiger partial charge >= 0.3 is 6.18 Å². The van der Waals surface area contributed by atoms with E-state index in [1.807, 2.05) is 43.3 Å². The minimum Gasteiger partial charge on any atom is -0.372 e.